The van der Waals surface area contributed by atoms with E-state index in [1.807, 2.05) is 0 Å². The molecule has 0 aromatic carbocycles. The smallest absolute Gasteiger partial charge is 0.318 e. The van der Waals surface area contributed by atoms with E-state index in [9.17, 15) is 18.0 Å². The number of carbonyl (C=O) groups excluding carboxylic acids is 1. The van der Waals surface area contributed by atoms with E-state index in [1.165, 1.54) is 18.2 Å². The fourth-order valence-corrected chi connectivity index (χ4v) is 3.38. The van der Waals surface area contributed by atoms with E-state index >= 15 is 0 Å². The standard InChI is InChI=1S/C15H21N3O7S/c1-24-14-12(4-3-5-16-14)15(21)17-6-7-25-11(8-17)9-18(10-13(19)20)26(2,22)23/h3-5,11H,6-10H2,1-2H3,(H,19,20). The van der Waals surface area contributed by atoms with Crippen molar-refractivity contribution in [2.45, 2.75) is 6.10 Å². The Balaban J connectivity index is 2.10. The number of ether oxygens (including phenoxy) is 2. The Morgan fingerprint density at radius 2 is 2.23 bits per heavy atom. The Labute approximate surface area is 151 Å². The van der Waals surface area contributed by atoms with Crippen molar-refractivity contribution in [3.8, 4) is 5.88 Å². The van der Waals surface area contributed by atoms with Gasteiger partial charge in [0.05, 0.1) is 26.1 Å². The van der Waals surface area contributed by atoms with E-state index in [0.29, 0.717) is 12.1 Å². The van der Waals surface area contributed by atoms with E-state index in [0.717, 1.165) is 10.6 Å². The molecule has 1 atom stereocenters. The molecule has 144 valence electrons. The predicted molar refractivity (Wildman–Crippen MR) is 90.5 cm³/mol. The van der Waals surface area contributed by atoms with Gasteiger partial charge in [-0.3, -0.25) is 9.59 Å². The van der Waals surface area contributed by atoms with Gasteiger partial charge in [-0.2, -0.15) is 4.31 Å². The molecule has 10 nitrogen and oxygen atoms in total. The van der Waals surface area contributed by atoms with Gasteiger partial charge in [0.25, 0.3) is 5.91 Å². The molecule has 0 saturated carbocycles. The Hall–Kier alpha value is -2.24. The topological polar surface area (TPSA) is 126 Å². The van der Waals surface area contributed by atoms with Crippen molar-refractivity contribution in [3.63, 3.8) is 0 Å². The molecule has 0 aliphatic carbocycles. The quantitative estimate of drug-likeness (QED) is 0.649. The summed E-state index contributed by atoms with van der Waals surface area (Å²) < 4.78 is 35.0. The normalized spacial score (nSPS) is 18.0. The second-order valence-corrected chi connectivity index (χ2v) is 7.74. The number of rotatable bonds is 7. The first-order valence-electron chi connectivity index (χ1n) is 7.79. The molecule has 1 saturated heterocycles. The van der Waals surface area contributed by atoms with Gasteiger partial charge >= 0.3 is 5.97 Å². The number of hydrogen-bond donors (Lipinski definition) is 1. The molecule has 1 N–H and O–H groups in total. The van der Waals surface area contributed by atoms with Gasteiger partial charge in [0.1, 0.15) is 12.1 Å². The van der Waals surface area contributed by atoms with E-state index in [-0.39, 0.29) is 31.5 Å². The summed E-state index contributed by atoms with van der Waals surface area (Å²) in [7, 11) is -2.31. The molecule has 11 heteroatoms. The maximum atomic E-state index is 12.7. The Bertz CT molecular complexity index is 768. The highest BCUT2D eigenvalue weighted by Gasteiger charge is 2.31. The minimum atomic E-state index is -3.72. The number of morpholine rings is 1. The molecule has 2 rings (SSSR count). The molecule has 1 amide bonds. The largest absolute Gasteiger partial charge is 0.480 e. The third-order valence-corrected chi connectivity index (χ3v) is 5.03. The first kappa shape index (κ1) is 20.1. The van der Waals surface area contributed by atoms with Crippen LogP contribution in [-0.4, -0.2) is 91.8 Å². The number of methoxy groups -OCH3 is 1. The van der Waals surface area contributed by atoms with Crippen molar-refractivity contribution < 1.29 is 32.6 Å². The average molecular weight is 387 g/mol. The molecule has 0 bridgehead atoms. The zero-order chi connectivity index (χ0) is 19.3. The first-order chi connectivity index (χ1) is 12.2. The maximum Gasteiger partial charge on any atom is 0.318 e. The number of aliphatic carboxylic acids is 1. The number of amides is 1. The molecule has 1 unspecified atom stereocenters. The number of carboxylic acid groups (broad SMARTS) is 1. The van der Waals surface area contributed by atoms with Crippen LogP contribution < -0.4 is 4.74 Å². The third kappa shape index (κ3) is 5.13. The first-order valence-corrected chi connectivity index (χ1v) is 9.64. The van der Waals surface area contributed by atoms with E-state index in [4.69, 9.17) is 14.6 Å². The number of sulfonamides is 1. The fourth-order valence-electron chi connectivity index (χ4n) is 2.60. The van der Waals surface area contributed by atoms with Crippen molar-refractivity contribution in [1.29, 1.82) is 0 Å². The van der Waals surface area contributed by atoms with Crippen molar-refractivity contribution in [2.75, 3.05) is 46.2 Å². The van der Waals surface area contributed by atoms with Gasteiger partial charge in [-0.1, -0.05) is 0 Å². The highest BCUT2D eigenvalue weighted by atomic mass is 32.2. The summed E-state index contributed by atoms with van der Waals surface area (Å²) in [6.45, 7) is -0.153. The molecule has 1 fully saturated rings. The minimum absolute atomic E-state index is 0.128. The zero-order valence-electron chi connectivity index (χ0n) is 14.5. The second-order valence-electron chi connectivity index (χ2n) is 5.75. The Kier molecular flexibility index (Phi) is 6.51. The van der Waals surface area contributed by atoms with Crippen molar-refractivity contribution in [2.24, 2.45) is 0 Å². The van der Waals surface area contributed by atoms with Crippen molar-refractivity contribution >= 4 is 21.9 Å². The van der Waals surface area contributed by atoms with Gasteiger partial charge in [0.15, 0.2) is 0 Å². The molecule has 0 radical (unpaired) electrons. The van der Waals surface area contributed by atoms with Gasteiger partial charge in [0, 0.05) is 25.8 Å². The molecular weight excluding hydrogens is 366 g/mol. The number of hydrogen-bond acceptors (Lipinski definition) is 7. The van der Waals surface area contributed by atoms with Crippen LogP contribution in [0.3, 0.4) is 0 Å². The molecule has 1 aliphatic rings. The second kappa shape index (κ2) is 8.43. The summed E-state index contributed by atoms with van der Waals surface area (Å²) in [4.78, 5) is 29.1. The lowest BCUT2D eigenvalue weighted by molar-refractivity contribution is -0.137. The molecular formula is C15H21N3O7S. The highest BCUT2D eigenvalue weighted by molar-refractivity contribution is 7.88. The van der Waals surface area contributed by atoms with Crippen LogP contribution >= 0.6 is 0 Å². The molecule has 1 aliphatic heterocycles. The lowest BCUT2D eigenvalue weighted by atomic mass is 10.2. The monoisotopic (exact) mass is 387 g/mol. The van der Waals surface area contributed by atoms with Crippen LogP contribution in [0.5, 0.6) is 5.88 Å². The molecule has 1 aromatic heterocycles. The van der Waals surface area contributed by atoms with E-state index in [2.05, 4.69) is 4.98 Å². The molecule has 0 spiro atoms. The summed E-state index contributed by atoms with van der Waals surface area (Å²) >= 11 is 0. The summed E-state index contributed by atoms with van der Waals surface area (Å²) in [5.41, 5.74) is 0.293. The number of carbonyl (C=O) groups is 2. The van der Waals surface area contributed by atoms with Crippen LogP contribution in [0, 0.1) is 0 Å². The lowest BCUT2D eigenvalue weighted by Gasteiger charge is -2.35. The fraction of sp³-hybridized carbons (Fsp3) is 0.533. The van der Waals surface area contributed by atoms with Gasteiger partial charge in [-0.15, -0.1) is 0 Å². The molecule has 2 heterocycles. The average Bonchev–Trinajstić information content (AvgIpc) is 2.59. The number of aromatic nitrogens is 1. The van der Waals surface area contributed by atoms with E-state index < -0.39 is 28.6 Å². The highest BCUT2D eigenvalue weighted by Crippen LogP contribution is 2.18. The third-order valence-electron chi connectivity index (χ3n) is 3.81. The zero-order valence-corrected chi connectivity index (χ0v) is 15.3. The summed E-state index contributed by atoms with van der Waals surface area (Å²) in [6, 6.07) is 3.21. The van der Waals surface area contributed by atoms with Gasteiger partial charge < -0.3 is 19.5 Å². The number of pyridine rings is 1. The van der Waals surface area contributed by atoms with Crippen LogP contribution in [0.4, 0.5) is 0 Å². The van der Waals surface area contributed by atoms with Crippen LogP contribution in [0.25, 0.3) is 0 Å². The molecule has 1 aromatic rings. The summed E-state index contributed by atoms with van der Waals surface area (Å²) in [5.74, 6) is -1.38. The van der Waals surface area contributed by atoms with Gasteiger partial charge in [0.2, 0.25) is 15.9 Å². The van der Waals surface area contributed by atoms with Crippen LogP contribution in [0.15, 0.2) is 18.3 Å². The SMILES string of the molecule is COc1ncccc1C(=O)N1CCOC(CN(CC(=O)O)S(C)(=O)=O)C1. The van der Waals surface area contributed by atoms with Crippen LogP contribution in [0.2, 0.25) is 0 Å². The predicted octanol–water partition coefficient (Wildman–Crippen LogP) is -0.723. The Morgan fingerprint density at radius 3 is 2.85 bits per heavy atom. The van der Waals surface area contributed by atoms with Crippen molar-refractivity contribution in [3.05, 3.63) is 23.9 Å². The number of carboxylic acids is 1. The lowest BCUT2D eigenvalue weighted by Crippen LogP contribution is -2.51. The number of nitrogens with zero attached hydrogens (tertiary/aromatic N) is 3. The van der Waals surface area contributed by atoms with Gasteiger partial charge in [-0.05, 0) is 12.1 Å². The van der Waals surface area contributed by atoms with Crippen LogP contribution in [0.1, 0.15) is 10.4 Å². The maximum absolute atomic E-state index is 12.7. The summed E-state index contributed by atoms with van der Waals surface area (Å²) in [6.07, 6.45) is 1.81. The minimum Gasteiger partial charge on any atom is -0.480 e. The molecule has 26 heavy (non-hydrogen) atoms. The van der Waals surface area contributed by atoms with E-state index in [1.54, 1.807) is 12.1 Å². The van der Waals surface area contributed by atoms with Crippen molar-refractivity contribution in [1.82, 2.24) is 14.2 Å². The van der Waals surface area contributed by atoms with Gasteiger partial charge in [-0.25, -0.2) is 13.4 Å². The van der Waals surface area contributed by atoms with Crippen LogP contribution in [-0.2, 0) is 19.6 Å². The summed E-state index contributed by atoms with van der Waals surface area (Å²) in [5, 5.41) is 8.89. The Morgan fingerprint density at radius 1 is 1.50 bits per heavy atom.